The van der Waals surface area contributed by atoms with Crippen LogP contribution < -0.4 is 15.5 Å². The topological polar surface area (TPSA) is 105 Å². The number of aryl methyl sites for hydroxylation is 1. The summed E-state index contributed by atoms with van der Waals surface area (Å²) in [5.41, 5.74) is 2.20. The number of nitrogens with zero attached hydrogens (tertiary/aromatic N) is 1. The fourth-order valence-electron chi connectivity index (χ4n) is 3.34. The van der Waals surface area contributed by atoms with Crippen molar-refractivity contribution in [2.75, 3.05) is 18.0 Å². The molecule has 2 N–H and O–H groups in total. The van der Waals surface area contributed by atoms with Gasteiger partial charge in [-0.25, -0.2) is 4.79 Å². The van der Waals surface area contributed by atoms with Gasteiger partial charge in [-0.15, -0.1) is 0 Å². The molecule has 0 unspecified atom stereocenters. The molecule has 2 aromatic rings. The lowest BCUT2D eigenvalue weighted by molar-refractivity contribution is -0.159. The number of amides is 4. The lowest BCUT2D eigenvalue weighted by Crippen LogP contribution is -2.43. The zero-order valence-corrected chi connectivity index (χ0v) is 17.5. The quantitative estimate of drug-likeness (QED) is 0.695. The molecule has 1 aliphatic rings. The molecule has 0 bridgehead atoms. The zero-order valence-electron chi connectivity index (χ0n) is 17.5. The Morgan fingerprint density at radius 1 is 1.10 bits per heavy atom. The van der Waals surface area contributed by atoms with Crippen molar-refractivity contribution in [1.82, 2.24) is 10.6 Å². The highest BCUT2D eigenvalue weighted by atomic mass is 16.5. The third-order valence-electron chi connectivity index (χ3n) is 4.95. The van der Waals surface area contributed by atoms with Crippen LogP contribution in [0, 0.1) is 12.8 Å². The third-order valence-corrected chi connectivity index (χ3v) is 4.95. The first-order valence-electron chi connectivity index (χ1n) is 10.1. The Balaban J connectivity index is 1.73. The summed E-state index contributed by atoms with van der Waals surface area (Å²) in [6, 6.07) is 15.2. The molecule has 162 valence electrons. The second-order valence-corrected chi connectivity index (χ2v) is 7.32. The van der Waals surface area contributed by atoms with Crippen molar-refractivity contribution in [1.29, 1.82) is 0 Å². The highest BCUT2D eigenvalue weighted by Crippen LogP contribution is 2.28. The number of imide groups is 1. The van der Waals surface area contributed by atoms with Crippen LogP contribution in [0.2, 0.25) is 0 Å². The normalized spacial score (nSPS) is 16.5. The molecule has 4 amide bonds. The molecular formula is C23H25N3O5. The van der Waals surface area contributed by atoms with Gasteiger partial charge in [0.2, 0.25) is 12.0 Å². The van der Waals surface area contributed by atoms with E-state index in [1.54, 1.807) is 37.3 Å². The van der Waals surface area contributed by atoms with Crippen LogP contribution in [0.3, 0.4) is 0 Å². The van der Waals surface area contributed by atoms with Gasteiger partial charge in [0.15, 0.2) is 0 Å². The average Bonchev–Trinajstić information content (AvgIpc) is 3.15. The maximum absolute atomic E-state index is 12.8. The van der Waals surface area contributed by atoms with E-state index in [4.69, 9.17) is 4.74 Å². The van der Waals surface area contributed by atoms with Crippen molar-refractivity contribution >= 4 is 29.5 Å². The van der Waals surface area contributed by atoms with Crippen LogP contribution >= 0.6 is 0 Å². The van der Waals surface area contributed by atoms with Crippen molar-refractivity contribution in [2.24, 2.45) is 5.92 Å². The molecule has 1 aliphatic heterocycles. The number of esters is 1. The van der Waals surface area contributed by atoms with Gasteiger partial charge in [0, 0.05) is 30.8 Å². The zero-order chi connectivity index (χ0) is 22.4. The summed E-state index contributed by atoms with van der Waals surface area (Å²) in [5, 5.41) is 4.64. The Labute approximate surface area is 180 Å². The molecule has 8 heteroatoms. The van der Waals surface area contributed by atoms with Crippen molar-refractivity contribution in [2.45, 2.75) is 26.4 Å². The van der Waals surface area contributed by atoms with Crippen LogP contribution in [0.25, 0.3) is 0 Å². The molecule has 0 spiro atoms. The van der Waals surface area contributed by atoms with Gasteiger partial charge >= 0.3 is 12.0 Å². The average molecular weight is 423 g/mol. The number of benzene rings is 2. The standard InChI is InChI=1S/C23H25N3O5/c1-3-24-23(30)25-21(28)20(16-7-5-4-6-8-16)31-22(29)17-13-19(27)26(14-17)18-11-9-15(2)10-12-18/h4-12,17,20H,3,13-14H2,1-2H3,(H2,24,25,28,30)/t17-,20+/m1/s1. The van der Waals surface area contributed by atoms with E-state index in [1.807, 2.05) is 31.2 Å². The van der Waals surface area contributed by atoms with Gasteiger partial charge in [-0.2, -0.15) is 0 Å². The second kappa shape index (κ2) is 9.88. The number of ether oxygens (including phenoxy) is 1. The van der Waals surface area contributed by atoms with E-state index in [1.165, 1.54) is 4.90 Å². The summed E-state index contributed by atoms with van der Waals surface area (Å²) in [6.07, 6.45) is -1.31. The molecule has 1 fully saturated rings. The molecule has 31 heavy (non-hydrogen) atoms. The van der Waals surface area contributed by atoms with E-state index < -0.39 is 29.9 Å². The van der Waals surface area contributed by atoms with Gasteiger partial charge in [0.05, 0.1) is 5.92 Å². The van der Waals surface area contributed by atoms with Gasteiger partial charge in [0.1, 0.15) is 0 Å². The van der Waals surface area contributed by atoms with Crippen LogP contribution in [-0.2, 0) is 19.1 Å². The fraction of sp³-hybridized carbons (Fsp3) is 0.304. The van der Waals surface area contributed by atoms with E-state index in [-0.39, 0.29) is 18.9 Å². The minimum Gasteiger partial charge on any atom is -0.447 e. The molecule has 1 heterocycles. The second-order valence-electron chi connectivity index (χ2n) is 7.32. The SMILES string of the molecule is CCNC(=O)NC(=O)[C@@H](OC(=O)[C@@H]1CC(=O)N(c2ccc(C)cc2)C1)c1ccccc1. The summed E-state index contributed by atoms with van der Waals surface area (Å²) >= 11 is 0. The number of urea groups is 1. The summed E-state index contributed by atoms with van der Waals surface area (Å²) in [5.74, 6) is -2.32. The molecule has 2 atom stereocenters. The monoisotopic (exact) mass is 423 g/mol. The molecule has 3 rings (SSSR count). The lowest BCUT2D eigenvalue weighted by atomic mass is 10.1. The molecule has 0 aliphatic carbocycles. The Morgan fingerprint density at radius 2 is 1.77 bits per heavy atom. The Bertz CT molecular complexity index is 959. The van der Waals surface area contributed by atoms with Gasteiger partial charge < -0.3 is 15.0 Å². The van der Waals surface area contributed by atoms with E-state index in [9.17, 15) is 19.2 Å². The van der Waals surface area contributed by atoms with E-state index in [2.05, 4.69) is 10.6 Å². The molecule has 1 saturated heterocycles. The first-order chi connectivity index (χ1) is 14.9. The number of hydrogen-bond acceptors (Lipinski definition) is 5. The van der Waals surface area contributed by atoms with Crippen LogP contribution in [0.15, 0.2) is 54.6 Å². The number of rotatable bonds is 6. The first kappa shape index (κ1) is 22.0. The third kappa shape index (κ3) is 5.48. The van der Waals surface area contributed by atoms with Gasteiger partial charge in [-0.05, 0) is 26.0 Å². The summed E-state index contributed by atoms with van der Waals surface area (Å²) in [6.45, 7) is 4.18. The number of anilines is 1. The highest BCUT2D eigenvalue weighted by molar-refractivity contribution is 6.01. The fourth-order valence-corrected chi connectivity index (χ4v) is 3.34. The Hall–Kier alpha value is -3.68. The predicted molar refractivity (Wildman–Crippen MR) is 114 cm³/mol. The number of nitrogens with one attached hydrogen (secondary N) is 2. The Morgan fingerprint density at radius 3 is 2.42 bits per heavy atom. The summed E-state index contributed by atoms with van der Waals surface area (Å²) in [7, 11) is 0. The van der Waals surface area contributed by atoms with Crippen LogP contribution in [0.1, 0.15) is 30.6 Å². The van der Waals surface area contributed by atoms with Crippen LogP contribution in [0.4, 0.5) is 10.5 Å². The summed E-state index contributed by atoms with van der Waals surface area (Å²) in [4.78, 5) is 51.2. The van der Waals surface area contributed by atoms with Crippen molar-refractivity contribution in [3.63, 3.8) is 0 Å². The number of carbonyl (C=O) groups is 4. The molecule has 0 radical (unpaired) electrons. The molecule has 8 nitrogen and oxygen atoms in total. The molecule has 2 aromatic carbocycles. The minimum absolute atomic E-state index is 0.00778. The van der Waals surface area contributed by atoms with Gasteiger partial charge in [-0.3, -0.25) is 19.7 Å². The largest absolute Gasteiger partial charge is 0.447 e. The van der Waals surface area contributed by atoms with Gasteiger partial charge in [-0.1, -0.05) is 48.0 Å². The predicted octanol–water partition coefficient (Wildman–Crippen LogP) is 2.48. The van der Waals surface area contributed by atoms with Crippen LogP contribution in [0.5, 0.6) is 0 Å². The van der Waals surface area contributed by atoms with Crippen LogP contribution in [-0.4, -0.2) is 36.9 Å². The van der Waals surface area contributed by atoms with E-state index >= 15 is 0 Å². The number of carbonyl (C=O) groups excluding carboxylic acids is 4. The molecular weight excluding hydrogens is 398 g/mol. The number of hydrogen-bond donors (Lipinski definition) is 2. The maximum atomic E-state index is 12.8. The van der Waals surface area contributed by atoms with Crippen molar-refractivity contribution in [3.8, 4) is 0 Å². The summed E-state index contributed by atoms with van der Waals surface area (Å²) < 4.78 is 5.50. The van der Waals surface area contributed by atoms with E-state index in [0.29, 0.717) is 17.8 Å². The van der Waals surface area contributed by atoms with Gasteiger partial charge in [0.25, 0.3) is 5.91 Å². The minimum atomic E-state index is -1.31. The lowest BCUT2D eigenvalue weighted by Gasteiger charge is -2.20. The maximum Gasteiger partial charge on any atom is 0.321 e. The highest BCUT2D eigenvalue weighted by Gasteiger charge is 2.38. The van der Waals surface area contributed by atoms with E-state index in [0.717, 1.165) is 5.56 Å². The first-order valence-corrected chi connectivity index (χ1v) is 10.1. The molecule has 0 saturated carbocycles. The molecule has 0 aromatic heterocycles. The van der Waals surface area contributed by atoms with Crippen molar-refractivity contribution in [3.05, 3.63) is 65.7 Å². The smallest absolute Gasteiger partial charge is 0.321 e. The Kier molecular flexibility index (Phi) is 7.02. The van der Waals surface area contributed by atoms with Crippen molar-refractivity contribution < 1.29 is 23.9 Å².